The van der Waals surface area contributed by atoms with Gasteiger partial charge in [0.05, 0.1) is 18.3 Å². The van der Waals surface area contributed by atoms with Gasteiger partial charge in [0.2, 0.25) is 0 Å². The third kappa shape index (κ3) is 2.46. The number of carbonyl (C=O) groups excluding carboxylic acids is 1. The van der Waals surface area contributed by atoms with Gasteiger partial charge in [-0.25, -0.2) is 0 Å². The Balaban J connectivity index is 1.82. The topological polar surface area (TPSA) is 56.3 Å². The van der Waals surface area contributed by atoms with Gasteiger partial charge in [0, 0.05) is 28.6 Å². The van der Waals surface area contributed by atoms with E-state index in [1.54, 1.807) is 4.90 Å². The number of fused-ring (bicyclic) bond motifs is 2. The molecule has 1 aromatic heterocycles. The van der Waals surface area contributed by atoms with E-state index in [2.05, 4.69) is 29.2 Å². The second-order valence-corrected chi connectivity index (χ2v) is 7.04. The number of hydrogen-bond donors (Lipinski definition) is 2. The highest BCUT2D eigenvalue weighted by Crippen LogP contribution is 2.45. The van der Waals surface area contributed by atoms with Crippen molar-refractivity contribution in [2.24, 2.45) is 0 Å². The van der Waals surface area contributed by atoms with Crippen molar-refractivity contribution in [3.05, 3.63) is 95.6 Å². The molecular formula is C24H20N2O2. The summed E-state index contributed by atoms with van der Waals surface area (Å²) >= 11 is 0. The van der Waals surface area contributed by atoms with Crippen molar-refractivity contribution in [2.75, 3.05) is 13.2 Å². The van der Waals surface area contributed by atoms with E-state index in [1.165, 1.54) is 0 Å². The smallest absolute Gasteiger partial charge is 0.255 e. The van der Waals surface area contributed by atoms with Gasteiger partial charge in [-0.1, -0.05) is 66.7 Å². The number of benzene rings is 3. The van der Waals surface area contributed by atoms with Crippen LogP contribution in [-0.2, 0) is 0 Å². The van der Waals surface area contributed by atoms with Crippen LogP contribution in [0.25, 0.3) is 22.2 Å². The van der Waals surface area contributed by atoms with Gasteiger partial charge < -0.3 is 15.0 Å². The summed E-state index contributed by atoms with van der Waals surface area (Å²) in [5.41, 5.74) is 5.91. The van der Waals surface area contributed by atoms with Crippen molar-refractivity contribution < 1.29 is 9.90 Å². The van der Waals surface area contributed by atoms with Gasteiger partial charge in [0.15, 0.2) is 0 Å². The number of β-amino-alcohol motifs (C(OH)–C–C–N with tert-alkyl or cyclic N) is 1. The number of amides is 1. The van der Waals surface area contributed by atoms with E-state index in [1.807, 2.05) is 54.6 Å². The summed E-state index contributed by atoms with van der Waals surface area (Å²) in [6, 6.07) is 25.9. The Hall–Kier alpha value is -3.37. The zero-order valence-electron chi connectivity index (χ0n) is 15.3. The van der Waals surface area contributed by atoms with Gasteiger partial charge in [-0.05, 0) is 23.3 Å². The molecule has 0 aliphatic carbocycles. The summed E-state index contributed by atoms with van der Waals surface area (Å²) in [6.07, 6.45) is 0. The van der Waals surface area contributed by atoms with Crippen LogP contribution in [0.2, 0.25) is 0 Å². The maximum Gasteiger partial charge on any atom is 0.255 e. The molecule has 4 aromatic rings. The van der Waals surface area contributed by atoms with E-state index >= 15 is 0 Å². The van der Waals surface area contributed by atoms with Gasteiger partial charge >= 0.3 is 0 Å². The molecule has 2 heterocycles. The van der Waals surface area contributed by atoms with Crippen LogP contribution in [0.1, 0.15) is 27.5 Å². The molecule has 3 aromatic carbocycles. The molecular weight excluding hydrogens is 348 g/mol. The van der Waals surface area contributed by atoms with Crippen LogP contribution in [0.15, 0.2) is 78.9 Å². The molecule has 4 nitrogen and oxygen atoms in total. The minimum Gasteiger partial charge on any atom is -0.395 e. The Morgan fingerprint density at radius 3 is 2.43 bits per heavy atom. The quantitative estimate of drug-likeness (QED) is 0.562. The third-order valence-corrected chi connectivity index (χ3v) is 5.48. The molecule has 28 heavy (non-hydrogen) atoms. The largest absolute Gasteiger partial charge is 0.395 e. The molecule has 1 aliphatic rings. The number of aromatic nitrogens is 1. The number of aliphatic hydroxyl groups is 1. The Bertz CT molecular complexity index is 1160. The van der Waals surface area contributed by atoms with Crippen LogP contribution >= 0.6 is 0 Å². The molecule has 1 aliphatic heterocycles. The average Bonchev–Trinajstić information content (AvgIpc) is 3.25. The van der Waals surface area contributed by atoms with Crippen molar-refractivity contribution in [2.45, 2.75) is 6.04 Å². The summed E-state index contributed by atoms with van der Waals surface area (Å²) in [6.45, 7) is 0.227. The zero-order valence-corrected chi connectivity index (χ0v) is 15.3. The van der Waals surface area contributed by atoms with Crippen LogP contribution in [0.5, 0.6) is 0 Å². The number of para-hydroxylation sites is 1. The third-order valence-electron chi connectivity index (χ3n) is 5.48. The zero-order chi connectivity index (χ0) is 19.1. The molecule has 4 heteroatoms. The molecule has 1 unspecified atom stereocenters. The molecule has 0 saturated heterocycles. The molecule has 0 fully saturated rings. The molecule has 0 saturated carbocycles. The highest BCUT2D eigenvalue weighted by molar-refractivity contribution is 6.02. The first-order valence-corrected chi connectivity index (χ1v) is 9.46. The van der Waals surface area contributed by atoms with Gasteiger partial charge in [0.25, 0.3) is 5.91 Å². The number of hydrogen-bond acceptors (Lipinski definition) is 2. The van der Waals surface area contributed by atoms with Crippen molar-refractivity contribution in [3.8, 4) is 11.3 Å². The van der Waals surface area contributed by atoms with Crippen LogP contribution in [-0.4, -0.2) is 34.0 Å². The maximum absolute atomic E-state index is 13.1. The van der Waals surface area contributed by atoms with Crippen molar-refractivity contribution in [3.63, 3.8) is 0 Å². The number of nitrogens with zero attached hydrogens (tertiary/aromatic N) is 1. The van der Waals surface area contributed by atoms with Crippen LogP contribution in [0.4, 0.5) is 0 Å². The van der Waals surface area contributed by atoms with E-state index < -0.39 is 0 Å². The van der Waals surface area contributed by atoms with E-state index in [4.69, 9.17) is 0 Å². The van der Waals surface area contributed by atoms with Gasteiger partial charge in [-0.2, -0.15) is 0 Å². The summed E-state index contributed by atoms with van der Waals surface area (Å²) in [4.78, 5) is 18.4. The SMILES string of the molecule is O=C1c2ccccc2C(c2c(-c3ccccc3)[nH]c3ccccc23)N1CCO. The lowest BCUT2D eigenvalue weighted by Gasteiger charge is -2.26. The number of aliphatic hydroxyl groups excluding tert-OH is 1. The number of H-pyrrole nitrogens is 1. The number of rotatable bonds is 4. The lowest BCUT2D eigenvalue weighted by atomic mass is 9.93. The minimum absolute atomic E-state index is 0.0288. The van der Waals surface area contributed by atoms with Crippen LogP contribution in [0.3, 0.4) is 0 Å². The highest BCUT2D eigenvalue weighted by atomic mass is 16.3. The normalized spacial score (nSPS) is 16.0. The highest BCUT2D eigenvalue weighted by Gasteiger charge is 2.39. The predicted octanol–water partition coefficient (Wildman–Crippen LogP) is 4.37. The van der Waals surface area contributed by atoms with Crippen molar-refractivity contribution in [1.82, 2.24) is 9.88 Å². The van der Waals surface area contributed by atoms with Crippen molar-refractivity contribution in [1.29, 1.82) is 0 Å². The fourth-order valence-corrected chi connectivity index (χ4v) is 4.30. The molecule has 0 bridgehead atoms. The molecule has 0 spiro atoms. The van der Waals surface area contributed by atoms with Gasteiger partial charge in [0.1, 0.15) is 0 Å². The molecule has 2 N–H and O–H groups in total. The number of nitrogens with one attached hydrogen (secondary N) is 1. The predicted molar refractivity (Wildman–Crippen MR) is 110 cm³/mol. The van der Waals surface area contributed by atoms with Gasteiger partial charge in [-0.15, -0.1) is 0 Å². The summed E-state index contributed by atoms with van der Waals surface area (Å²) in [7, 11) is 0. The van der Waals surface area contributed by atoms with Crippen LogP contribution < -0.4 is 0 Å². The Kier molecular flexibility index (Phi) is 3.99. The number of carbonyl (C=O) groups is 1. The minimum atomic E-state index is -0.234. The summed E-state index contributed by atoms with van der Waals surface area (Å²) < 4.78 is 0. The molecule has 138 valence electrons. The lowest BCUT2D eigenvalue weighted by Crippen LogP contribution is -2.31. The van der Waals surface area contributed by atoms with Crippen molar-refractivity contribution >= 4 is 16.8 Å². The van der Waals surface area contributed by atoms with E-state index in [-0.39, 0.29) is 18.6 Å². The van der Waals surface area contributed by atoms with E-state index in [9.17, 15) is 9.90 Å². The van der Waals surface area contributed by atoms with E-state index in [0.29, 0.717) is 12.1 Å². The fraction of sp³-hybridized carbons (Fsp3) is 0.125. The first-order valence-electron chi connectivity index (χ1n) is 9.46. The molecule has 5 rings (SSSR count). The molecule has 0 radical (unpaired) electrons. The molecule has 1 atom stereocenters. The fourth-order valence-electron chi connectivity index (χ4n) is 4.30. The first kappa shape index (κ1) is 16.8. The van der Waals surface area contributed by atoms with E-state index in [0.717, 1.165) is 33.3 Å². The standard InChI is InChI=1S/C24H20N2O2/c27-15-14-26-23(17-10-4-5-11-18(17)24(26)28)21-19-12-6-7-13-20(19)25-22(21)16-8-2-1-3-9-16/h1-13,23,25,27H,14-15H2. The summed E-state index contributed by atoms with van der Waals surface area (Å²) in [5, 5.41) is 10.7. The lowest BCUT2D eigenvalue weighted by molar-refractivity contribution is 0.0713. The monoisotopic (exact) mass is 368 g/mol. The van der Waals surface area contributed by atoms with Gasteiger partial charge in [-0.3, -0.25) is 4.79 Å². The molecule has 1 amide bonds. The number of aromatic amines is 1. The second-order valence-electron chi connectivity index (χ2n) is 7.04. The maximum atomic E-state index is 13.1. The second kappa shape index (κ2) is 6.66. The Morgan fingerprint density at radius 2 is 1.61 bits per heavy atom. The Labute approximate surface area is 163 Å². The first-order chi connectivity index (χ1) is 13.8. The Morgan fingerprint density at radius 1 is 0.893 bits per heavy atom. The summed E-state index contributed by atoms with van der Waals surface area (Å²) in [5.74, 6) is -0.0288. The van der Waals surface area contributed by atoms with Crippen LogP contribution in [0, 0.1) is 0 Å². The average molecular weight is 368 g/mol.